The van der Waals surface area contributed by atoms with E-state index in [-0.39, 0.29) is 6.10 Å². The molecule has 0 saturated carbocycles. The number of hydrogen-bond acceptors (Lipinski definition) is 3. The van der Waals surface area contributed by atoms with E-state index in [1.54, 1.807) is 7.11 Å². The Balaban J connectivity index is 1.68. The van der Waals surface area contributed by atoms with Gasteiger partial charge in [-0.25, -0.2) is 0 Å². The molecule has 0 aliphatic rings. The quantitative estimate of drug-likeness (QED) is 0.583. The lowest BCUT2D eigenvalue weighted by atomic mass is 10.0. The van der Waals surface area contributed by atoms with Gasteiger partial charge in [0.05, 0.1) is 13.2 Å². The summed E-state index contributed by atoms with van der Waals surface area (Å²) in [4.78, 5) is 0. The van der Waals surface area contributed by atoms with E-state index in [0.717, 1.165) is 31.0 Å². The molecule has 0 unspecified atom stereocenters. The summed E-state index contributed by atoms with van der Waals surface area (Å²) in [6, 6.07) is 20.9. The molecule has 0 heterocycles. The second-order valence-electron chi connectivity index (χ2n) is 6.70. The molecule has 3 aromatic rings. The maximum Gasteiger partial charge on any atom is 0.124 e. The SMILES string of the molecule is COc1ccc(CCNCc2c(OC(C)C)ccc3ccccc23)cc1. The number of ether oxygens (including phenoxy) is 2. The van der Waals surface area contributed by atoms with Crippen LogP contribution in [0, 0.1) is 0 Å². The van der Waals surface area contributed by atoms with Gasteiger partial charge in [-0.3, -0.25) is 0 Å². The van der Waals surface area contributed by atoms with E-state index in [1.165, 1.54) is 21.9 Å². The summed E-state index contributed by atoms with van der Waals surface area (Å²) in [7, 11) is 1.69. The first kappa shape index (κ1) is 18.3. The Labute approximate surface area is 156 Å². The third kappa shape index (κ3) is 4.55. The predicted molar refractivity (Wildman–Crippen MR) is 108 cm³/mol. The number of hydrogen-bond donors (Lipinski definition) is 1. The first-order valence-corrected chi connectivity index (χ1v) is 9.18. The minimum absolute atomic E-state index is 0.161. The molecule has 0 fully saturated rings. The molecule has 0 saturated heterocycles. The van der Waals surface area contributed by atoms with Crippen molar-refractivity contribution in [3.63, 3.8) is 0 Å². The van der Waals surface area contributed by atoms with Gasteiger partial charge in [0, 0.05) is 12.1 Å². The van der Waals surface area contributed by atoms with Crippen LogP contribution in [-0.4, -0.2) is 19.8 Å². The van der Waals surface area contributed by atoms with Crippen molar-refractivity contribution in [2.45, 2.75) is 32.9 Å². The van der Waals surface area contributed by atoms with Crippen LogP contribution < -0.4 is 14.8 Å². The Hall–Kier alpha value is -2.52. The molecule has 0 bridgehead atoms. The Morgan fingerprint density at radius 1 is 0.923 bits per heavy atom. The summed E-state index contributed by atoms with van der Waals surface area (Å²) < 4.78 is 11.2. The van der Waals surface area contributed by atoms with Crippen molar-refractivity contribution in [2.24, 2.45) is 0 Å². The molecular formula is C23H27NO2. The van der Waals surface area contributed by atoms with Crippen LogP contribution in [0.5, 0.6) is 11.5 Å². The summed E-state index contributed by atoms with van der Waals surface area (Å²) >= 11 is 0. The average Bonchev–Trinajstić information content (AvgIpc) is 2.66. The van der Waals surface area contributed by atoms with E-state index in [4.69, 9.17) is 9.47 Å². The van der Waals surface area contributed by atoms with Gasteiger partial charge in [-0.2, -0.15) is 0 Å². The van der Waals surface area contributed by atoms with Gasteiger partial charge in [-0.15, -0.1) is 0 Å². The van der Waals surface area contributed by atoms with E-state index in [1.807, 2.05) is 12.1 Å². The number of rotatable bonds is 8. The van der Waals surface area contributed by atoms with Crippen molar-refractivity contribution in [1.82, 2.24) is 5.32 Å². The zero-order chi connectivity index (χ0) is 18.4. The molecule has 0 aliphatic heterocycles. The summed E-state index contributed by atoms with van der Waals surface area (Å²) in [5.41, 5.74) is 2.53. The van der Waals surface area contributed by atoms with Crippen LogP contribution >= 0.6 is 0 Å². The monoisotopic (exact) mass is 349 g/mol. The summed E-state index contributed by atoms with van der Waals surface area (Å²) in [5.74, 6) is 1.86. The molecule has 3 aromatic carbocycles. The van der Waals surface area contributed by atoms with E-state index >= 15 is 0 Å². The zero-order valence-corrected chi connectivity index (χ0v) is 15.8. The number of benzene rings is 3. The lowest BCUT2D eigenvalue weighted by molar-refractivity contribution is 0.240. The third-order valence-electron chi connectivity index (χ3n) is 4.41. The summed E-state index contributed by atoms with van der Waals surface area (Å²) in [5, 5.41) is 6.07. The molecule has 136 valence electrons. The molecule has 0 spiro atoms. The molecule has 26 heavy (non-hydrogen) atoms. The molecule has 1 N–H and O–H groups in total. The van der Waals surface area contributed by atoms with Gasteiger partial charge in [-0.05, 0) is 61.3 Å². The van der Waals surface area contributed by atoms with Crippen LogP contribution in [0.1, 0.15) is 25.0 Å². The van der Waals surface area contributed by atoms with E-state index < -0.39 is 0 Å². The molecule has 0 aromatic heterocycles. The van der Waals surface area contributed by atoms with Crippen LogP contribution in [0.15, 0.2) is 60.7 Å². The molecular weight excluding hydrogens is 322 g/mol. The second-order valence-corrected chi connectivity index (χ2v) is 6.70. The normalized spacial score (nSPS) is 11.1. The van der Waals surface area contributed by atoms with E-state index in [0.29, 0.717) is 0 Å². The number of fused-ring (bicyclic) bond motifs is 1. The van der Waals surface area contributed by atoms with Crippen LogP contribution in [0.25, 0.3) is 10.8 Å². The zero-order valence-electron chi connectivity index (χ0n) is 15.8. The molecule has 0 atom stereocenters. The Morgan fingerprint density at radius 2 is 1.69 bits per heavy atom. The molecule has 3 nitrogen and oxygen atoms in total. The van der Waals surface area contributed by atoms with Crippen molar-refractivity contribution >= 4 is 10.8 Å². The third-order valence-corrected chi connectivity index (χ3v) is 4.41. The summed E-state index contributed by atoms with van der Waals surface area (Å²) in [6.07, 6.45) is 1.14. The minimum Gasteiger partial charge on any atom is -0.497 e. The molecule has 3 rings (SSSR count). The van der Waals surface area contributed by atoms with Crippen LogP contribution in [0.2, 0.25) is 0 Å². The van der Waals surface area contributed by atoms with Gasteiger partial charge in [-0.1, -0.05) is 42.5 Å². The van der Waals surface area contributed by atoms with Gasteiger partial charge >= 0.3 is 0 Å². The van der Waals surface area contributed by atoms with Crippen LogP contribution in [0.4, 0.5) is 0 Å². The smallest absolute Gasteiger partial charge is 0.124 e. The van der Waals surface area contributed by atoms with Gasteiger partial charge < -0.3 is 14.8 Å². The number of nitrogens with one attached hydrogen (secondary N) is 1. The van der Waals surface area contributed by atoms with Crippen molar-refractivity contribution in [2.75, 3.05) is 13.7 Å². The van der Waals surface area contributed by atoms with Crippen molar-refractivity contribution in [3.05, 3.63) is 71.8 Å². The Bertz CT molecular complexity index is 840. The first-order valence-electron chi connectivity index (χ1n) is 9.18. The molecule has 0 amide bonds. The van der Waals surface area contributed by atoms with Gasteiger partial charge in [0.25, 0.3) is 0 Å². The van der Waals surface area contributed by atoms with Gasteiger partial charge in [0.2, 0.25) is 0 Å². The largest absolute Gasteiger partial charge is 0.497 e. The summed E-state index contributed by atoms with van der Waals surface area (Å²) in [6.45, 7) is 5.84. The maximum atomic E-state index is 6.04. The van der Waals surface area contributed by atoms with E-state index in [2.05, 4.69) is 67.7 Å². The fourth-order valence-electron chi connectivity index (χ4n) is 3.10. The van der Waals surface area contributed by atoms with Crippen molar-refractivity contribution < 1.29 is 9.47 Å². The topological polar surface area (TPSA) is 30.5 Å². The lowest BCUT2D eigenvalue weighted by Crippen LogP contribution is -2.18. The Morgan fingerprint density at radius 3 is 2.42 bits per heavy atom. The van der Waals surface area contributed by atoms with Gasteiger partial charge in [0.15, 0.2) is 0 Å². The average molecular weight is 349 g/mol. The fraction of sp³-hybridized carbons (Fsp3) is 0.304. The lowest BCUT2D eigenvalue weighted by Gasteiger charge is -2.17. The highest BCUT2D eigenvalue weighted by Gasteiger charge is 2.10. The maximum absolute atomic E-state index is 6.04. The molecule has 0 aliphatic carbocycles. The highest BCUT2D eigenvalue weighted by molar-refractivity contribution is 5.87. The predicted octanol–water partition coefficient (Wildman–Crippen LogP) is 4.97. The van der Waals surface area contributed by atoms with E-state index in [9.17, 15) is 0 Å². The first-order chi connectivity index (χ1) is 12.7. The van der Waals surface area contributed by atoms with Crippen LogP contribution in [-0.2, 0) is 13.0 Å². The highest BCUT2D eigenvalue weighted by atomic mass is 16.5. The fourth-order valence-corrected chi connectivity index (χ4v) is 3.10. The number of methoxy groups -OCH3 is 1. The molecule has 3 heteroatoms. The molecule has 0 radical (unpaired) electrons. The van der Waals surface area contributed by atoms with Crippen LogP contribution in [0.3, 0.4) is 0 Å². The standard InChI is InChI=1S/C23H27NO2/c1-17(2)26-23-13-10-19-6-4-5-7-21(19)22(23)16-24-15-14-18-8-11-20(25-3)12-9-18/h4-13,17,24H,14-16H2,1-3H3. The highest BCUT2D eigenvalue weighted by Crippen LogP contribution is 2.28. The minimum atomic E-state index is 0.161. The van der Waals surface area contributed by atoms with Crippen molar-refractivity contribution in [3.8, 4) is 11.5 Å². The second kappa shape index (κ2) is 8.72. The van der Waals surface area contributed by atoms with Crippen molar-refractivity contribution in [1.29, 1.82) is 0 Å². The van der Waals surface area contributed by atoms with Gasteiger partial charge in [0.1, 0.15) is 11.5 Å². The Kier molecular flexibility index (Phi) is 6.13.